The molecule has 0 saturated carbocycles. The number of hydrogen-bond acceptors (Lipinski definition) is 3. The molecule has 1 aliphatic rings. The van der Waals surface area contributed by atoms with Gasteiger partial charge < -0.3 is 9.84 Å². The maximum Gasteiger partial charge on any atom is 0.306 e. The predicted octanol–water partition coefficient (Wildman–Crippen LogP) is 1.10. The molecule has 1 heterocycles. The first-order valence-electron chi connectivity index (χ1n) is 4.50. The second-order valence-corrected chi connectivity index (χ2v) is 3.39. The lowest BCUT2D eigenvalue weighted by molar-refractivity contribution is -0.137. The van der Waals surface area contributed by atoms with Gasteiger partial charge in [-0.15, -0.1) is 0 Å². The van der Waals surface area contributed by atoms with E-state index in [2.05, 4.69) is 0 Å². The van der Waals surface area contributed by atoms with Crippen LogP contribution in [0.25, 0.3) is 0 Å². The Morgan fingerprint density at radius 3 is 2.50 bits per heavy atom. The average Bonchev–Trinajstić information content (AvgIpc) is 2.51. The molecule has 3 heteroatoms. The normalized spacial score (nSPS) is 24.2. The maximum atomic E-state index is 10.8. The molecule has 3 nitrogen and oxygen atoms in total. The predicted molar refractivity (Wildman–Crippen MR) is 44.6 cm³/mol. The summed E-state index contributed by atoms with van der Waals surface area (Å²) in [5.74, 6) is -0.180. The second kappa shape index (κ2) is 3.44. The molecule has 0 aromatic heterocycles. The van der Waals surface area contributed by atoms with Crippen molar-refractivity contribution in [2.24, 2.45) is 5.92 Å². The molecular weight excluding hydrogens is 156 g/mol. The van der Waals surface area contributed by atoms with E-state index < -0.39 is 5.60 Å². The zero-order chi connectivity index (χ0) is 9.19. The van der Waals surface area contributed by atoms with Crippen molar-refractivity contribution in [2.45, 2.75) is 38.7 Å². The number of hydrogen-bond donors (Lipinski definition) is 1. The number of rotatable bonds is 3. The Kier molecular flexibility index (Phi) is 2.73. The lowest BCUT2D eigenvalue weighted by Gasteiger charge is -2.29. The quantitative estimate of drug-likeness (QED) is 0.648. The van der Waals surface area contributed by atoms with Gasteiger partial charge in [0.2, 0.25) is 0 Å². The lowest BCUT2D eigenvalue weighted by atomic mass is 9.82. The van der Waals surface area contributed by atoms with Crippen molar-refractivity contribution in [1.82, 2.24) is 0 Å². The van der Waals surface area contributed by atoms with Crippen LogP contribution in [0, 0.1) is 5.92 Å². The Hall–Kier alpha value is -0.570. The summed E-state index contributed by atoms with van der Waals surface area (Å²) in [7, 11) is 0. The molecule has 0 bridgehead atoms. The van der Waals surface area contributed by atoms with Gasteiger partial charge in [0.15, 0.2) is 0 Å². The van der Waals surface area contributed by atoms with Crippen molar-refractivity contribution in [3.8, 4) is 0 Å². The summed E-state index contributed by atoms with van der Waals surface area (Å²) in [6, 6.07) is 0. The molecule has 1 aliphatic heterocycles. The first-order chi connectivity index (χ1) is 5.62. The topological polar surface area (TPSA) is 46.5 Å². The third-order valence-corrected chi connectivity index (χ3v) is 2.84. The Morgan fingerprint density at radius 2 is 2.17 bits per heavy atom. The van der Waals surface area contributed by atoms with Gasteiger partial charge in [0.1, 0.15) is 0 Å². The zero-order valence-electron chi connectivity index (χ0n) is 7.67. The number of carbonyl (C=O) groups excluding carboxylic acids is 1. The van der Waals surface area contributed by atoms with Crippen LogP contribution in [0.4, 0.5) is 0 Å². The van der Waals surface area contributed by atoms with Crippen LogP contribution in [0.3, 0.4) is 0 Å². The Balaban J connectivity index is 2.61. The van der Waals surface area contributed by atoms with Gasteiger partial charge >= 0.3 is 5.97 Å². The number of ether oxygens (including phenoxy) is 1. The van der Waals surface area contributed by atoms with Crippen LogP contribution >= 0.6 is 0 Å². The molecular formula is C9H16O3. The molecule has 1 fully saturated rings. The largest absolute Gasteiger partial charge is 0.465 e. The van der Waals surface area contributed by atoms with E-state index in [-0.39, 0.29) is 11.9 Å². The molecule has 0 spiro atoms. The standard InChI is InChI=1S/C9H16O3/c1-3-9(11,4-2)7-5-8(10)12-6-7/h7,11H,3-6H2,1-2H3/t7-/m1/s1. The van der Waals surface area contributed by atoms with Crippen LogP contribution in [-0.2, 0) is 9.53 Å². The van der Waals surface area contributed by atoms with Gasteiger partial charge in [-0.1, -0.05) is 13.8 Å². The maximum absolute atomic E-state index is 10.8. The highest BCUT2D eigenvalue weighted by atomic mass is 16.5. The van der Waals surface area contributed by atoms with E-state index in [1.54, 1.807) is 0 Å². The van der Waals surface area contributed by atoms with Crippen LogP contribution in [0.2, 0.25) is 0 Å². The van der Waals surface area contributed by atoms with Crippen molar-refractivity contribution >= 4 is 5.97 Å². The highest BCUT2D eigenvalue weighted by Crippen LogP contribution is 2.31. The monoisotopic (exact) mass is 172 g/mol. The van der Waals surface area contributed by atoms with Gasteiger partial charge in [0.25, 0.3) is 0 Å². The third kappa shape index (κ3) is 1.61. The molecule has 0 amide bonds. The Labute approximate surface area is 72.7 Å². The van der Waals surface area contributed by atoms with Gasteiger partial charge in [-0.25, -0.2) is 0 Å². The molecule has 1 rings (SSSR count). The molecule has 0 unspecified atom stereocenters. The summed E-state index contributed by atoms with van der Waals surface area (Å²) in [6.45, 7) is 4.26. The van der Waals surface area contributed by atoms with Crippen molar-refractivity contribution < 1.29 is 14.6 Å². The van der Waals surface area contributed by atoms with E-state index in [0.717, 1.165) is 0 Å². The molecule has 0 radical (unpaired) electrons. The van der Waals surface area contributed by atoms with E-state index in [1.807, 2.05) is 13.8 Å². The molecule has 12 heavy (non-hydrogen) atoms. The van der Waals surface area contributed by atoms with Crippen LogP contribution in [0.5, 0.6) is 0 Å². The molecule has 0 aromatic carbocycles. The number of carbonyl (C=O) groups is 1. The summed E-state index contributed by atoms with van der Waals surface area (Å²) >= 11 is 0. The third-order valence-electron chi connectivity index (χ3n) is 2.84. The molecule has 1 N–H and O–H groups in total. The minimum absolute atomic E-state index is 0.000000000000000444. The summed E-state index contributed by atoms with van der Waals surface area (Å²) in [4.78, 5) is 10.8. The minimum Gasteiger partial charge on any atom is -0.465 e. The molecule has 70 valence electrons. The highest BCUT2D eigenvalue weighted by Gasteiger charge is 2.39. The fraction of sp³-hybridized carbons (Fsp3) is 0.889. The van der Waals surface area contributed by atoms with Crippen LogP contribution in [0.1, 0.15) is 33.1 Å². The van der Waals surface area contributed by atoms with Crippen LogP contribution in [-0.4, -0.2) is 23.3 Å². The Bertz CT molecular complexity index is 173. The summed E-state index contributed by atoms with van der Waals surface area (Å²) in [5.41, 5.74) is -0.702. The molecule has 0 aliphatic carbocycles. The van der Waals surface area contributed by atoms with Crippen molar-refractivity contribution in [1.29, 1.82) is 0 Å². The minimum atomic E-state index is -0.702. The van der Waals surface area contributed by atoms with E-state index >= 15 is 0 Å². The summed E-state index contributed by atoms with van der Waals surface area (Å²) in [6.07, 6.45) is 1.74. The first-order valence-corrected chi connectivity index (χ1v) is 4.50. The molecule has 0 aromatic rings. The smallest absolute Gasteiger partial charge is 0.306 e. The fourth-order valence-electron chi connectivity index (χ4n) is 1.69. The summed E-state index contributed by atoms with van der Waals surface area (Å²) in [5, 5.41) is 10.0. The molecule has 1 atom stereocenters. The average molecular weight is 172 g/mol. The van der Waals surface area contributed by atoms with Crippen molar-refractivity contribution in [3.63, 3.8) is 0 Å². The Morgan fingerprint density at radius 1 is 1.58 bits per heavy atom. The summed E-state index contributed by atoms with van der Waals surface area (Å²) < 4.78 is 4.82. The van der Waals surface area contributed by atoms with E-state index in [4.69, 9.17) is 4.74 Å². The zero-order valence-corrected chi connectivity index (χ0v) is 7.67. The fourth-order valence-corrected chi connectivity index (χ4v) is 1.69. The highest BCUT2D eigenvalue weighted by molar-refractivity contribution is 5.71. The van der Waals surface area contributed by atoms with Gasteiger partial charge in [-0.05, 0) is 12.8 Å². The second-order valence-electron chi connectivity index (χ2n) is 3.39. The van der Waals surface area contributed by atoms with E-state index in [1.165, 1.54) is 0 Å². The van der Waals surface area contributed by atoms with Crippen molar-refractivity contribution in [3.05, 3.63) is 0 Å². The number of cyclic esters (lactones) is 1. The van der Waals surface area contributed by atoms with Gasteiger partial charge in [-0.3, -0.25) is 4.79 Å². The van der Waals surface area contributed by atoms with Gasteiger partial charge in [0.05, 0.1) is 18.6 Å². The molecule has 1 saturated heterocycles. The SMILES string of the molecule is CCC(O)(CC)[C@H]1COC(=O)C1. The van der Waals surface area contributed by atoms with Gasteiger partial charge in [0, 0.05) is 5.92 Å². The van der Waals surface area contributed by atoms with Crippen LogP contribution in [0.15, 0.2) is 0 Å². The van der Waals surface area contributed by atoms with E-state index in [0.29, 0.717) is 25.9 Å². The lowest BCUT2D eigenvalue weighted by Crippen LogP contribution is -2.36. The van der Waals surface area contributed by atoms with Gasteiger partial charge in [-0.2, -0.15) is 0 Å². The number of esters is 1. The number of aliphatic hydroxyl groups is 1. The van der Waals surface area contributed by atoms with Crippen molar-refractivity contribution in [2.75, 3.05) is 6.61 Å². The van der Waals surface area contributed by atoms with E-state index in [9.17, 15) is 9.90 Å². The first kappa shape index (κ1) is 9.52. The van der Waals surface area contributed by atoms with Crippen LogP contribution < -0.4 is 0 Å².